The maximum atomic E-state index is 6.29. The summed E-state index contributed by atoms with van der Waals surface area (Å²) in [5.74, 6) is 1.63. The van der Waals surface area contributed by atoms with Gasteiger partial charge in [-0.3, -0.25) is 0 Å². The minimum absolute atomic E-state index is 0.0275. The smallest absolute Gasteiger partial charge is 0.125 e. The molecule has 17 heavy (non-hydrogen) atoms. The molecule has 1 aromatic rings. The lowest BCUT2D eigenvalue weighted by Crippen LogP contribution is -2.44. The van der Waals surface area contributed by atoms with Crippen LogP contribution in [0.15, 0.2) is 18.2 Å². The van der Waals surface area contributed by atoms with Crippen molar-refractivity contribution in [3.05, 3.63) is 28.8 Å². The second-order valence-electron chi connectivity index (χ2n) is 5.29. The molecule has 1 aliphatic heterocycles. The van der Waals surface area contributed by atoms with Crippen molar-refractivity contribution < 1.29 is 4.74 Å². The first-order chi connectivity index (χ1) is 8.14. The van der Waals surface area contributed by atoms with Crippen molar-refractivity contribution in [3.63, 3.8) is 0 Å². The highest BCUT2D eigenvalue weighted by atomic mass is 35.5. The Balaban J connectivity index is 1.99. The molecule has 92 valence electrons. The number of nitrogens with two attached hydrogens (primary N) is 1. The van der Waals surface area contributed by atoms with E-state index in [1.54, 1.807) is 0 Å². The number of halogens is 1. The van der Waals surface area contributed by atoms with Crippen LogP contribution in [0.3, 0.4) is 0 Å². The van der Waals surface area contributed by atoms with Gasteiger partial charge in [0.15, 0.2) is 0 Å². The van der Waals surface area contributed by atoms with Crippen LogP contribution in [0.25, 0.3) is 0 Å². The number of fused-ring (bicyclic) bond motifs is 1. The van der Waals surface area contributed by atoms with Crippen molar-refractivity contribution in [1.82, 2.24) is 0 Å². The van der Waals surface area contributed by atoms with Crippen LogP contribution in [-0.4, -0.2) is 5.60 Å². The normalized spacial score (nSPS) is 31.8. The second kappa shape index (κ2) is 3.89. The highest BCUT2D eigenvalue weighted by Crippen LogP contribution is 2.51. The van der Waals surface area contributed by atoms with E-state index in [0.29, 0.717) is 5.92 Å². The third-order valence-corrected chi connectivity index (χ3v) is 4.40. The summed E-state index contributed by atoms with van der Waals surface area (Å²) >= 11 is 6.01. The van der Waals surface area contributed by atoms with Crippen molar-refractivity contribution >= 4 is 11.6 Å². The van der Waals surface area contributed by atoms with E-state index in [0.717, 1.165) is 29.2 Å². The van der Waals surface area contributed by atoms with E-state index in [1.165, 1.54) is 12.8 Å². The lowest BCUT2D eigenvalue weighted by molar-refractivity contribution is 0.0107. The Morgan fingerprint density at radius 2 is 2.24 bits per heavy atom. The molecule has 2 N–H and O–H groups in total. The van der Waals surface area contributed by atoms with Crippen LogP contribution in [-0.2, 0) is 0 Å². The molecule has 1 saturated carbocycles. The number of rotatable bonds is 2. The van der Waals surface area contributed by atoms with Crippen molar-refractivity contribution in [3.8, 4) is 5.75 Å². The third kappa shape index (κ3) is 1.84. The van der Waals surface area contributed by atoms with Gasteiger partial charge in [-0.2, -0.15) is 0 Å². The average molecular weight is 252 g/mol. The Bertz CT molecular complexity index is 444. The van der Waals surface area contributed by atoms with Crippen LogP contribution >= 0.6 is 11.6 Å². The predicted octanol–water partition coefficient (Wildman–Crippen LogP) is 3.68. The first-order valence-corrected chi connectivity index (χ1v) is 6.76. The van der Waals surface area contributed by atoms with E-state index in [2.05, 4.69) is 6.92 Å². The molecule has 1 aromatic carbocycles. The van der Waals surface area contributed by atoms with Crippen molar-refractivity contribution in [1.29, 1.82) is 0 Å². The molecule has 0 radical (unpaired) electrons. The zero-order valence-corrected chi connectivity index (χ0v) is 10.8. The Labute approximate surface area is 107 Å². The monoisotopic (exact) mass is 251 g/mol. The minimum atomic E-state index is -0.0275. The second-order valence-corrected chi connectivity index (χ2v) is 5.72. The van der Waals surface area contributed by atoms with E-state index in [-0.39, 0.29) is 11.6 Å². The Hall–Kier alpha value is -0.730. The standard InChI is InChI=1S/C14H18ClNO/c1-2-14(9-3-4-9)8-12(16)11-7-10(15)5-6-13(11)17-14/h5-7,9,12H,2-4,8,16H2,1H3/t12-,14?/m1/s1. The molecule has 0 amide bonds. The van der Waals surface area contributed by atoms with Crippen LogP contribution in [0.1, 0.15) is 44.2 Å². The topological polar surface area (TPSA) is 35.2 Å². The molecule has 1 unspecified atom stereocenters. The van der Waals surface area contributed by atoms with E-state index < -0.39 is 0 Å². The predicted molar refractivity (Wildman–Crippen MR) is 69.4 cm³/mol. The fraction of sp³-hybridized carbons (Fsp3) is 0.571. The molecule has 1 fully saturated rings. The largest absolute Gasteiger partial charge is 0.487 e. The maximum absolute atomic E-state index is 6.29. The van der Waals surface area contributed by atoms with Gasteiger partial charge in [-0.1, -0.05) is 18.5 Å². The lowest BCUT2D eigenvalue weighted by Gasteiger charge is -2.41. The maximum Gasteiger partial charge on any atom is 0.125 e. The van der Waals surface area contributed by atoms with Crippen molar-refractivity contribution in [2.45, 2.75) is 44.2 Å². The molecule has 0 aromatic heterocycles. The van der Waals surface area contributed by atoms with Crippen LogP contribution < -0.4 is 10.5 Å². The molecule has 3 heteroatoms. The van der Waals surface area contributed by atoms with Gasteiger partial charge in [0.2, 0.25) is 0 Å². The molecular formula is C14H18ClNO. The first-order valence-electron chi connectivity index (χ1n) is 6.38. The van der Waals surface area contributed by atoms with Crippen LogP contribution in [0.4, 0.5) is 0 Å². The Morgan fingerprint density at radius 1 is 1.47 bits per heavy atom. The van der Waals surface area contributed by atoms with Crippen LogP contribution in [0.5, 0.6) is 5.75 Å². The highest BCUT2D eigenvalue weighted by molar-refractivity contribution is 6.30. The van der Waals surface area contributed by atoms with Gasteiger partial charge < -0.3 is 10.5 Å². The van der Waals surface area contributed by atoms with E-state index in [9.17, 15) is 0 Å². The number of benzene rings is 1. The summed E-state index contributed by atoms with van der Waals surface area (Å²) in [7, 11) is 0. The lowest BCUT2D eigenvalue weighted by atomic mass is 9.82. The number of ether oxygens (including phenoxy) is 1. The first kappa shape index (κ1) is 11.4. The van der Waals surface area contributed by atoms with Crippen molar-refractivity contribution in [2.75, 3.05) is 0 Å². The summed E-state index contributed by atoms with van der Waals surface area (Å²) in [6.07, 6.45) is 4.52. The fourth-order valence-corrected chi connectivity index (χ4v) is 3.19. The molecule has 0 bridgehead atoms. The quantitative estimate of drug-likeness (QED) is 0.870. The third-order valence-electron chi connectivity index (χ3n) is 4.17. The van der Waals surface area contributed by atoms with Gasteiger partial charge >= 0.3 is 0 Å². The molecule has 1 heterocycles. The zero-order valence-electron chi connectivity index (χ0n) is 10.1. The molecule has 2 nitrogen and oxygen atoms in total. The molecule has 0 saturated heterocycles. The summed E-state index contributed by atoms with van der Waals surface area (Å²) in [6, 6.07) is 5.83. The van der Waals surface area contributed by atoms with Crippen LogP contribution in [0.2, 0.25) is 5.02 Å². The summed E-state index contributed by atoms with van der Waals surface area (Å²) < 4.78 is 6.28. The minimum Gasteiger partial charge on any atom is -0.487 e. The fourth-order valence-electron chi connectivity index (χ4n) is 3.01. The van der Waals surface area contributed by atoms with Gasteiger partial charge in [0.05, 0.1) is 0 Å². The van der Waals surface area contributed by atoms with Gasteiger partial charge in [0.25, 0.3) is 0 Å². The van der Waals surface area contributed by atoms with Gasteiger partial charge in [-0.15, -0.1) is 0 Å². The average Bonchev–Trinajstić information content (AvgIpc) is 3.14. The molecule has 1 aliphatic carbocycles. The number of hydrogen-bond acceptors (Lipinski definition) is 2. The molecule has 0 spiro atoms. The highest BCUT2D eigenvalue weighted by Gasteiger charge is 2.49. The molecule has 3 rings (SSSR count). The summed E-state index contributed by atoms with van der Waals surface area (Å²) in [6.45, 7) is 2.20. The van der Waals surface area contributed by atoms with Gasteiger partial charge in [-0.05, 0) is 43.4 Å². The van der Waals surface area contributed by atoms with E-state index in [4.69, 9.17) is 22.1 Å². The molecule has 2 atom stereocenters. The van der Waals surface area contributed by atoms with Crippen molar-refractivity contribution in [2.24, 2.45) is 11.7 Å². The van der Waals surface area contributed by atoms with Crippen LogP contribution in [0, 0.1) is 5.92 Å². The Morgan fingerprint density at radius 3 is 2.88 bits per heavy atom. The zero-order chi connectivity index (χ0) is 12.0. The van der Waals surface area contributed by atoms with Gasteiger partial charge in [-0.25, -0.2) is 0 Å². The summed E-state index contributed by atoms with van der Waals surface area (Å²) in [5, 5.41) is 0.734. The van der Waals surface area contributed by atoms with E-state index >= 15 is 0 Å². The molecular weight excluding hydrogens is 234 g/mol. The number of hydrogen-bond donors (Lipinski definition) is 1. The van der Waals surface area contributed by atoms with Gasteiger partial charge in [0.1, 0.15) is 11.4 Å². The summed E-state index contributed by atoms with van der Waals surface area (Å²) in [4.78, 5) is 0. The van der Waals surface area contributed by atoms with E-state index in [1.807, 2.05) is 18.2 Å². The molecule has 2 aliphatic rings. The van der Waals surface area contributed by atoms with Gasteiger partial charge in [0, 0.05) is 23.0 Å². The Kier molecular flexibility index (Phi) is 2.60. The SMILES string of the molecule is CCC1(C2CC2)C[C@@H](N)c2cc(Cl)ccc2O1. The summed E-state index contributed by atoms with van der Waals surface area (Å²) in [5.41, 5.74) is 7.32.